The molecule has 0 aliphatic carbocycles. The number of nitrogens with two attached hydrogens (primary N) is 1. The molecule has 1 heterocycles. The van der Waals surface area contributed by atoms with Crippen molar-refractivity contribution in [1.29, 1.82) is 0 Å². The Morgan fingerprint density at radius 3 is 2.65 bits per heavy atom. The minimum absolute atomic E-state index is 0.224. The molecule has 0 amide bonds. The number of fused-ring (bicyclic) bond motifs is 1. The van der Waals surface area contributed by atoms with Gasteiger partial charge in [-0.2, -0.15) is 0 Å². The molecule has 0 aliphatic heterocycles. The summed E-state index contributed by atoms with van der Waals surface area (Å²) < 4.78 is 8.06. The first-order valence-corrected chi connectivity index (χ1v) is 7.17. The van der Waals surface area contributed by atoms with Crippen LogP contribution in [0.15, 0.2) is 47.3 Å². The molecule has 0 saturated carbocycles. The zero-order valence-electron chi connectivity index (χ0n) is 12.9. The quantitative estimate of drug-likeness (QED) is 0.750. The zero-order valence-corrected chi connectivity index (χ0v) is 12.9. The average molecular weight is 311 g/mol. The molecule has 2 N–H and O–H groups in total. The van der Waals surface area contributed by atoms with Gasteiger partial charge in [-0.3, -0.25) is 9.36 Å². The monoisotopic (exact) mass is 311 g/mol. The topological polar surface area (TPSA) is 79.2 Å². The second-order valence-electron chi connectivity index (χ2n) is 5.37. The molecule has 0 radical (unpaired) electrons. The van der Waals surface area contributed by atoms with E-state index >= 15 is 0 Å². The van der Waals surface area contributed by atoms with E-state index in [1.54, 1.807) is 31.3 Å². The molecule has 1 aromatic heterocycles. The van der Waals surface area contributed by atoms with E-state index in [2.05, 4.69) is 0 Å². The van der Waals surface area contributed by atoms with Gasteiger partial charge < -0.3 is 10.5 Å². The van der Waals surface area contributed by atoms with E-state index in [-0.39, 0.29) is 6.61 Å². The fraction of sp³-hybridized carbons (Fsp3) is 0.176. The minimum Gasteiger partial charge on any atom is -0.483 e. The Bertz CT molecular complexity index is 953. The molecule has 3 rings (SSSR count). The summed E-state index contributed by atoms with van der Waals surface area (Å²) in [7, 11) is 1.62. The highest BCUT2D eigenvalue weighted by Crippen LogP contribution is 2.18. The SMILES string of the molecule is Cc1ccccc1OCC(=O)n1c(=O)n(C)c2ccc(N)cc21. The number of anilines is 1. The van der Waals surface area contributed by atoms with Crippen LogP contribution in [-0.2, 0) is 7.05 Å². The molecule has 6 nitrogen and oxygen atoms in total. The lowest BCUT2D eigenvalue weighted by atomic mass is 10.2. The number of ether oxygens (including phenoxy) is 1. The van der Waals surface area contributed by atoms with Gasteiger partial charge in [0.15, 0.2) is 6.61 Å². The van der Waals surface area contributed by atoms with Crippen LogP contribution in [-0.4, -0.2) is 21.6 Å². The lowest BCUT2D eigenvalue weighted by Crippen LogP contribution is -2.31. The summed E-state index contributed by atoms with van der Waals surface area (Å²) in [6, 6.07) is 12.4. The van der Waals surface area contributed by atoms with Crippen molar-refractivity contribution in [2.24, 2.45) is 7.05 Å². The van der Waals surface area contributed by atoms with E-state index in [9.17, 15) is 9.59 Å². The number of para-hydroxylation sites is 1. The molecule has 23 heavy (non-hydrogen) atoms. The van der Waals surface area contributed by atoms with E-state index in [1.807, 2.05) is 25.1 Å². The third-order valence-corrected chi connectivity index (χ3v) is 3.77. The summed E-state index contributed by atoms with van der Waals surface area (Å²) in [4.78, 5) is 24.8. The summed E-state index contributed by atoms with van der Waals surface area (Å²) in [5.74, 6) is 0.183. The van der Waals surface area contributed by atoms with Gasteiger partial charge in [0, 0.05) is 12.7 Å². The average Bonchev–Trinajstić information content (AvgIpc) is 2.77. The Balaban J connectivity index is 1.95. The number of carbonyl (C=O) groups is 1. The first-order valence-electron chi connectivity index (χ1n) is 7.17. The van der Waals surface area contributed by atoms with Crippen molar-refractivity contribution in [3.05, 3.63) is 58.5 Å². The van der Waals surface area contributed by atoms with Crippen LogP contribution in [0.5, 0.6) is 5.75 Å². The van der Waals surface area contributed by atoms with Crippen molar-refractivity contribution in [2.75, 3.05) is 12.3 Å². The molecule has 2 aromatic carbocycles. The third-order valence-electron chi connectivity index (χ3n) is 3.77. The molecule has 0 aliphatic rings. The zero-order chi connectivity index (χ0) is 16.6. The first-order chi connectivity index (χ1) is 11.0. The van der Waals surface area contributed by atoms with Gasteiger partial charge in [-0.25, -0.2) is 9.36 Å². The molecule has 3 aromatic rings. The molecular weight excluding hydrogens is 294 g/mol. The van der Waals surface area contributed by atoms with E-state index in [0.717, 1.165) is 10.1 Å². The Morgan fingerprint density at radius 2 is 1.91 bits per heavy atom. The number of benzene rings is 2. The van der Waals surface area contributed by atoms with E-state index in [1.165, 1.54) is 4.57 Å². The number of hydrogen-bond donors (Lipinski definition) is 1. The summed E-state index contributed by atoms with van der Waals surface area (Å²) >= 11 is 0. The van der Waals surface area contributed by atoms with Crippen LogP contribution < -0.4 is 16.2 Å². The molecule has 0 spiro atoms. The van der Waals surface area contributed by atoms with Crippen LogP contribution in [0.1, 0.15) is 10.4 Å². The molecule has 0 unspecified atom stereocenters. The van der Waals surface area contributed by atoms with Gasteiger partial charge in [-0.15, -0.1) is 0 Å². The summed E-state index contributed by atoms with van der Waals surface area (Å²) in [6.45, 7) is 1.67. The van der Waals surface area contributed by atoms with Crippen LogP contribution in [0, 0.1) is 6.92 Å². The van der Waals surface area contributed by atoms with Crippen molar-refractivity contribution < 1.29 is 9.53 Å². The maximum absolute atomic E-state index is 12.5. The molecule has 0 saturated heterocycles. The minimum atomic E-state index is -0.436. The van der Waals surface area contributed by atoms with Crippen molar-refractivity contribution in [1.82, 2.24) is 9.13 Å². The summed E-state index contributed by atoms with van der Waals surface area (Å²) in [5, 5.41) is 0. The maximum Gasteiger partial charge on any atom is 0.335 e. The van der Waals surface area contributed by atoms with Gasteiger partial charge >= 0.3 is 5.69 Å². The lowest BCUT2D eigenvalue weighted by Gasteiger charge is -2.08. The standard InChI is InChI=1S/C17H17N3O3/c1-11-5-3-4-6-15(11)23-10-16(21)20-14-9-12(18)7-8-13(14)19(2)17(20)22/h3-9H,10,18H2,1-2H3. The van der Waals surface area contributed by atoms with Gasteiger partial charge in [0.2, 0.25) is 0 Å². The van der Waals surface area contributed by atoms with Crippen molar-refractivity contribution in [3.8, 4) is 5.75 Å². The molecule has 0 bridgehead atoms. The fourth-order valence-electron chi connectivity index (χ4n) is 2.52. The highest BCUT2D eigenvalue weighted by molar-refractivity contribution is 5.92. The van der Waals surface area contributed by atoms with Crippen LogP contribution >= 0.6 is 0 Å². The number of imidazole rings is 1. The lowest BCUT2D eigenvalue weighted by molar-refractivity contribution is 0.0837. The van der Waals surface area contributed by atoms with Gasteiger partial charge in [0.1, 0.15) is 5.75 Å². The van der Waals surface area contributed by atoms with Crippen LogP contribution in [0.25, 0.3) is 11.0 Å². The van der Waals surface area contributed by atoms with Gasteiger partial charge in [-0.1, -0.05) is 18.2 Å². The van der Waals surface area contributed by atoms with E-state index in [0.29, 0.717) is 22.5 Å². The number of aromatic nitrogens is 2. The van der Waals surface area contributed by atoms with Crippen LogP contribution in [0.2, 0.25) is 0 Å². The number of nitrogens with zero attached hydrogens (tertiary/aromatic N) is 2. The van der Waals surface area contributed by atoms with Crippen molar-refractivity contribution in [3.63, 3.8) is 0 Å². The van der Waals surface area contributed by atoms with E-state index in [4.69, 9.17) is 10.5 Å². The van der Waals surface area contributed by atoms with Crippen LogP contribution in [0.4, 0.5) is 5.69 Å². The molecule has 0 atom stereocenters. The molecule has 118 valence electrons. The van der Waals surface area contributed by atoms with Crippen molar-refractivity contribution in [2.45, 2.75) is 6.92 Å². The largest absolute Gasteiger partial charge is 0.483 e. The molecule has 0 fully saturated rings. The summed E-state index contributed by atoms with van der Waals surface area (Å²) in [5.41, 5.74) is 7.90. The van der Waals surface area contributed by atoms with Crippen molar-refractivity contribution >= 4 is 22.6 Å². The van der Waals surface area contributed by atoms with E-state index < -0.39 is 11.6 Å². The number of nitrogen functional groups attached to an aromatic ring is 1. The Hall–Kier alpha value is -3.02. The predicted molar refractivity (Wildman–Crippen MR) is 88.9 cm³/mol. The van der Waals surface area contributed by atoms with Crippen LogP contribution in [0.3, 0.4) is 0 Å². The van der Waals surface area contributed by atoms with Gasteiger partial charge in [0.05, 0.1) is 11.0 Å². The predicted octanol–water partition coefficient (Wildman–Crippen LogP) is 1.95. The molecule has 6 heteroatoms. The highest BCUT2D eigenvalue weighted by atomic mass is 16.5. The Labute approximate surface area is 132 Å². The number of aryl methyl sites for hydroxylation is 2. The second kappa shape index (κ2) is 5.64. The third kappa shape index (κ3) is 2.59. The number of carbonyl (C=O) groups excluding carboxylic acids is 1. The number of hydrogen-bond acceptors (Lipinski definition) is 4. The Kier molecular flexibility index (Phi) is 3.65. The second-order valence-corrected chi connectivity index (χ2v) is 5.37. The summed E-state index contributed by atoms with van der Waals surface area (Å²) in [6.07, 6.45) is 0. The first kappa shape index (κ1) is 14.9. The smallest absolute Gasteiger partial charge is 0.335 e. The highest BCUT2D eigenvalue weighted by Gasteiger charge is 2.17. The maximum atomic E-state index is 12.5. The fourth-order valence-corrected chi connectivity index (χ4v) is 2.52. The number of rotatable bonds is 3. The van der Waals surface area contributed by atoms with Gasteiger partial charge in [0.25, 0.3) is 5.91 Å². The Morgan fingerprint density at radius 1 is 1.17 bits per heavy atom. The normalized spacial score (nSPS) is 10.9. The molecular formula is C17H17N3O3. The van der Waals surface area contributed by atoms with Gasteiger partial charge in [-0.05, 0) is 36.8 Å².